The summed E-state index contributed by atoms with van der Waals surface area (Å²) in [4.78, 5) is 15.9. The highest BCUT2D eigenvalue weighted by molar-refractivity contribution is 7.07. The molecule has 2 N–H and O–H groups in total. The molecule has 0 saturated carbocycles. The zero-order valence-electron chi connectivity index (χ0n) is 10.9. The molecular formula is C14H16N2O3S. The normalized spacial score (nSPS) is 10.2. The zero-order chi connectivity index (χ0) is 14.2. The van der Waals surface area contributed by atoms with Crippen molar-refractivity contribution in [3.63, 3.8) is 0 Å². The molecule has 0 atom stereocenters. The molecule has 1 aromatic carbocycles. The van der Waals surface area contributed by atoms with Crippen molar-refractivity contribution in [2.24, 2.45) is 0 Å². The molecule has 1 amide bonds. The summed E-state index contributed by atoms with van der Waals surface area (Å²) in [7, 11) is 0. The number of carbonyl (C=O) groups is 1. The molecule has 0 aliphatic heterocycles. The number of hydrogen-bond donors (Lipinski definition) is 2. The fraction of sp³-hybridized carbons (Fsp3) is 0.286. The molecule has 0 unspecified atom stereocenters. The number of hydrogen-bond acceptors (Lipinski definition) is 5. The molecule has 0 spiro atoms. The Labute approximate surface area is 121 Å². The predicted octanol–water partition coefficient (Wildman–Crippen LogP) is 1.83. The van der Waals surface area contributed by atoms with E-state index in [-0.39, 0.29) is 12.5 Å². The number of ether oxygens (including phenoxy) is 1. The van der Waals surface area contributed by atoms with E-state index in [9.17, 15) is 4.79 Å². The molecule has 2 aromatic rings. The van der Waals surface area contributed by atoms with E-state index in [2.05, 4.69) is 10.3 Å². The average Bonchev–Trinajstić information content (AvgIpc) is 2.99. The average molecular weight is 292 g/mol. The third kappa shape index (κ3) is 4.32. The zero-order valence-corrected chi connectivity index (χ0v) is 11.7. The Morgan fingerprint density at radius 3 is 2.80 bits per heavy atom. The van der Waals surface area contributed by atoms with Gasteiger partial charge in [0.1, 0.15) is 12.4 Å². The second-order valence-electron chi connectivity index (χ2n) is 4.13. The van der Waals surface area contributed by atoms with Crippen molar-refractivity contribution in [2.75, 3.05) is 13.2 Å². The second-order valence-corrected chi connectivity index (χ2v) is 4.84. The lowest BCUT2D eigenvalue weighted by Crippen LogP contribution is -2.24. The maximum Gasteiger partial charge on any atom is 0.251 e. The number of thiazole rings is 1. The highest BCUT2D eigenvalue weighted by Crippen LogP contribution is 2.14. The summed E-state index contributed by atoms with van der Waals surface area (Å²) in [5, 5.41) is 13.3. The van der Waals surface area contributed by atoms with Crippen LogP contribution in [0.2, 0.25) is 0 Å². The summed E-state index contributed by atoms with van der Waals surface area (Å²) < 4.78 is 5.56. The van der Waals surface area contributed by atoms with Gasteiger partial charge in [0.05, 0.1) is 11.2 Å². The molecule has 1 aromatic heterocycles. The van der Waals surface area contributed by atoms with Crippen molar-refractivity contribution >= 4 is 17.2 Å². The molecule has 2 rings (SSSR count). The van der Waals surface area contributed by atoms with Crippen LogP contribution < -0.4 is 10.1 Å². The standard InChI is InChI=1S/C14H16N2O3S/c17-7-1-6-15-14(18)11-2-4-13(5-3-11)19-8-12-9-20-10-16-12/h2-5,9-10,17H,1,6-8H2,(H,15,18). The van der Waals surface area contributed by atoms with Crippen LogP contribution in [0.4, 0.5) is 0 Å². The highest BCUT2D eigenvalue weighted by Gasteiger charge is 2.05. The molecule has 0 saturated heterocycles. The molecule has 0 fully saturated rings. The van der Waals surface area contributed by atoms with Crippen LogP contribution in [0.15, 0.2) is 35.2 Å². The van der Waals surface area contributed by atoms with Crippen molar-refractivity contribution in [3.8, 4) is 5.75 Å². The molecule has 6 heteroatoms. The van der Waals surface area contributed by atoms with Crippen LogP contribution >= 0.6 is 11.3 Å². The number of aliphatic hydroxyl groups excluding tert-OH is 1. The Bertz CT molecular complexity index is 526. The molecule has 20 heavy (non-hydrogen) atoms. The minimum atomic E-state index is -0.149. The van der Waals surface area contributed by atoms with Crippen LogP contribution in [0.5, 0.6) is 5.75 Å². The second kappa shape index (κ2) is 7.62. The molecule has 0 radical (unpaired) electrons. The molecule has 0 aliphatic rings. The van der Waals surface area contributed by atoms with E-state index in [1.807, 2.05) is 5.38 Å². The molecular weight excluding hydrogens is 276 g/mol. The van der Waals surface area contributed by atoms with E-state index in [0.717, 1.165) is 5.69 Å². The number of aromatic nitrogens is 1. The van der Waals surface area contributed by atoms with E-state index in [0.29, 0.717) is 30.9 Å². The Hall–Kier alpha value is -1.92. The number of benzene rings is 1. The predicted molar refractivity (Wildman–Crippen MR) is 76.9 cm³/mol. The maximum absolute atomic E-state index is 11.7. The summed E-state index contributed by atoms with van der Waals surface area (Å²) in [6.07, 6.45) is 0.556. The quantitative estimate of drug-likeness (QED) is 0.764. The Morgan fingerprint density at radius 2 is 2.15 bits per heavy atom. The number of carbonyl (C=O) groups excluding carboxylic acids is 1. The van der Waals surface area contributed by atoms with Crippen LogP contribution in [-0.4, -0.2) is 29.1 Å². The van der Waals surface area contributed by atoms with Gasteiger partial charge in [-0.2, -0.15) is 0 Å². The van der Waals surface area contributed by atoms with Gasteiger partial charge in [-0.05, 0) is 30.7 Å². The van der Waals surface area contributed by atoms with Gasteiger partial charge < -0.3 is 15.2 Å². The van der Waals surface area contributed by atoms with E-state index in [1.165, 1.54) is 11.3 Å². The number of rotatable bonds is 7. The van der Waals surface area contributed by atoms with Crippen LogP contribution in [0.3, 0.4) is 0 Å². The minimum Gasteiger partial charge on any atom is -0.487 e. The highest BCUT2D eigenvalue weighted by atomic mass is 32.1. The molecule has 0 aliphatic carbocycles. The van der Waals surface area contributed by atoms with Gasteiger partial charge in [-0.3, -0.25) is 4.79 Å². The summed E-state index contributed by atoms with van der Waals surface area (Å²) in [5.74, 6) is 0.550. The summed E-state index contributed by atoms with van der Waals surface area (Å²) in [5.41, 5.74) is 3.23. The smallest absolute Gasteiger partial charge is 0.251 e. The lowest BCUT2D eigenvalue weighted by molar-refractivity contribution is 0.0951. The first-order chi connectivity index (χ1) is 9.79. The van der Waals surface area contributed by atoms with Gasteiger partial charge in [-0.15, -0.1) is 11.3 Å². The summed E-state index contributed by atoms with van der Waals surface area (Å²) in [6.45, 7) is 0.965. The van der Waals surface area contributed by atoms with Gasteiger partial charge in [0, 0.05) is 24.1 Å². The topological polar surface area (TPSA) is 71.5 Å². The van der Waals surface area contributed by atoms with Gasteiger partial charge >= 0.3 is 0 Å². The monoisotopic (exact) mass is 292 g/mol. The van der Waals surface area contributed by atoms with Gasteiger partial charge in [0.25, 0.3) is 5.91 Å². The van der Waals surface area contributed by atoms with Gasteiger partial charge in [0.2, 0.25) is 0 Å². The van der Waals surface area contributed by atoms with Crippen molar-refractivity contribution in [1.82, 2.24) is 10.3 Å². The first-order valence-corrected chi connectivity index (χ1v) is 7.23. The van der Waals surface area contributed by atoms with E-state index >= 15 is 0 Å². The van der Waals surface area contributed by atoms with Crippen molar-refractivity contribution in [1.29, 1.82) is 0 Å². The molecule has 5 nitrogen and oxygen atoms in total. The number of aliphatic hydroxyl groups is 1. The summed E-state index contributed by atoms with van der Waals surface area (Å²) in [6, 6.07) is 6.94. The third-order valence-corrected chi connectivity index (χ3v) is 3.24. The maximum atomic E-state index is 11.7. The van der Waals surface area contributed by atoms with Gasteiger partial charge in [0.15, 0.2) is 0 Å². The molecule has 1 heterocycles. The largest absolute Gasteiger partial charge is 0.487 e. The van der Waals surface area contributed by atoms with Crippen molar-refractivity contribution in [2.45, 2.75) is 13.0 Å². The minimum absolute atomic E-state index is 0.0731. The third-order valence-electron chi connectivity index (χ3n) is 2.61. The fourth-order valence-corrected chi connectivity index (χ4v) is 2.09. The van der Waals surface area contributed by atoms with Crippen LogP contribution in [0, 0.1) is 0 Å². The molecule has 0 bridgehead atoms. The fourth-order valence-electron chi connectivity index (χ4n) is 1.55. The van der Waals surface area contributed by atoms with Crippen LogP contribution in [0.25, 0.3) is 0 Å². The number of nitrogens with one attached hydrogen (secondary N) is 1. The van der Waals surface area contributed by atoms with E-state index in [4.69, 9.17) is 9.84 Å². The van der Waals surface area contributed by atoms with Crippen LogP contribution in [-0.2, 0) is 6.61 Å². The number of amides is 1. The summed E-state index contributed by atoms with van der Waals surface area (Å²) >= 11 is 1.53. The van der Waals surface area contributed by atoms with Gasteiger partial charge in [-0.1, -0.05) is 0 Å². The SMILES string of the molecule is O=C(NCCCO)c1ccc(OCc2cscn2)cc1. The number of nitrogens with zero attached hydrogens (tertiary/aromatic N) is 1. The Balaban J connectivity index is 1.84. The van der Waals surface area contributed by atoms with E-state index in [1.54, 1.807) is 29.8 Å². The van der Waals surface area contributed by atoms with Crippen molar-refractivity contribution < 1.29 is 14.6 Å². The Kier molecular flexibility index (Phi) is 5.52. The Morgan fingerprint density at radius 1 is 1.35 bits per heavy atom. The van der Waals surface area contributed by atoms with Gasteiger partial charge in [-0.25, -0.2) is 4.98 Å². The first kappa shape index (κ1) is 14.5. The lowest BCUT2D eigenvalue weighted by atomic mass is 10.2. The van der Waals surface area contributed by atoms with E-state index < -0.39 is 0 Å². The lowest BCUT2D eigenvalue weighted by Gasteiger charge is -2.06. The van der Waals surface area contributed by atoms with Crippen LogP contribution in [0.1, 0.15) is 22.5 Å². The first-order valence-electron chi connectivity index (χ1n) is 6.28. The molecule has 106 valence electrons. The van der Waals surface area contributed by atoms with Crippen molar-refractivity contribution in [3.05, 3.63) is 46.4 Å².